The highest BCUT2D eigenvalue weighted by atomic mass is 32.2. The van der Waals surface area contributed by atoms with E-state index in [1.807, 2.05) is 0 Å². The molecular weight excluding hydrogens is 419 g/mol. The standard InChI is InChI=1S/C21H16F3NO4S/c1-25(17-7-3-2-4-8-17)30(27,28)19-12-10-15(11-13-19)20(26)29-18-9-5-6-16(14-18)21(22,23)24/h2-14H,1H3. The molecule has 0 aliphatic heterocycles. The van der Waals surface area contributed by atoms with Crippen LogP contribution in [0.2, 0.25) is 0 Å². The van der Waals surface area contributed by atoms with Gasteiger partial charge in [0.25, 0.3) is 10.0 Å². The minimum atomic E-state index is -4.57. The summed E-state index contributed by atoms with van der Waals surface area (Å²) in [6, 6.07) is 17.3. The molecule has 0 bridgehead atoms. The van der Waals surface area contributed by atoms with Crippen molar-refractivity contribution in [2.24, 2.45) is 0 Å². The van der Waals surface area contributed by atoms with E-state index in [0.29, 0.717) is 11.8 Å². The van der Waals surface area contributed by atoms with Crippen LogP contribution in [0.1, 0.15) is 15.9 Å². The highest BCUT2D eigenvalue weighted by Gasteiger charge is 2.31. The molecule has 0 saturated heterocycles. The van der Waals surface area contributed by atoms with Gasteiger partial charge in [-0.3, -0.25) is 4.31 Å². The van der Waals surface area contributed by atoms with E-state index in [1.54, 1.807) is 30.3 Å². The molecule has 0 spiro atoms. The lowest BCUT2D eigenvalue weighted by molar-refractivity contribution is -0.137. The van der Waals surface area contributed by atoms with Gasteiger partial charge < -0.3 is 4.74 Å². The van der Waals surface area contributed by atoms with Crippen LogP contribution >= 0.6 is 0 Å². The van der Waals surface area contributed by atoms with Crippen LogP contribution in [-0.4, -0.2) is 21.4 Å². The number of hydrogen-bond donors (Lipinski definition) is 0. The summed E-state index contributed by atoms with van der Waals surface area (Å²) >= 11 is 0. The fourth-order valence-electron chi connectivity index (χ4n) is 2.60. The maximum absolute atomic E-state index is 12.8. The van der Waals surface area contributed by atoms with Gasteiger partial charge in [-0.05, 0) is 54.6 Å². The molecule has 3 rings (SSSR count). The SMILES string of the molecule is CN(c1ccccc1)S(=O)(=O)c1ccc(C(=O)Oc2cccc(C(F)(F)F)c2)cc1. The van der Waals surface area contributed by atoms with Crippen molar-refractivity contribution in [2.75, 3.05) is 11.4 Å². The van der Waals surface area contributed by atoms with Crippen molar-refractivity contribution in [2.45, 2.75) is 11.1 Å². The Hall–Kier alpha value is -3.33. The number of halogens is 3. The second kappa shape index (κ2) is 8.19. The van der Waals surface area contributed by atoms with Gasteiger partial charge in [0, 0.05) is 7.05 Å². The van der Waals surface area contributed by atoms with Gasteiger partial charge in [-0.25, -0.2) is 13.2 Å². The fourth-order valence-corrected chi connectivity index (χ4v) is 3.80. The number of rotatable bonds is 5. The second-order valence-corrected chi connectivity index (χ2v) is 8.22. The van der Waals surface area contributed by atoms with E-state index in [-0.39, 0.29) is 16.2 Å². The molecule has 5 nitrogen and oxygen atoms in total. The predicted octanol–water partition coefficient (Wildman–Crippen LogP) is 4.75. The molecule has 9 heteroatoms. The summed E-state index contributed by atoms with van der Waals surface area (Å²) in [5, 5.41) is 0. The third kappa shape index (κ3) is 4.62. The van der Waals surface area contributed by atoms with E-state index in [2.05, 4.69) is 0 Å². The molecule has 30 heavy (non-hydrogen) atoms. The Labute approximate surface area is 171 Å². The molecule has 3 aromatic carbocycles. The van der Waals surface area contributed by atoms with Crippen LogP contribution in [0.5, 0.6) is 5.75 Å². The monoisotopic (exact) mass is 435 g/mol. The van der Waals surface area contributed by atoms with Crippen LogP contribution in [0.4, 0.5) is 18.9 Å². The largest absolute Gasteiger partial charge is 0.423 e. The molecule has 0 fully saturated rings. The quantitative estimate of drug-likeness (QED) is 0.429. The lowest BCUT2D eigenvalue weighted by Gasteiger charge is -2.19. The first kappa shape index (κ1) is 21.4. The lowest BCUT2D eigenvalue weighted by Crippen LogP contribution is -2.26. The Morgan fingerprint density at radius 1 is 0.900 bits per heavy atom. The Morgan fingerprint density at radius 2 is 1.53 bits per heavy atom. The molecule has 0 amide bonds. The summed E-state index contributed by atoms with van der Waals surface area (Å²) in [4.78, 5) is 12.2. The molecule has 0 N–H and O–H groups in total. The molecule has 3 aromatic rings. The van der Waals surface area contributed by atoms with E-state index in [0.717, 1.165) is 16.4 Å². The fraction of sp³-hybridized carbons (Fsp3) is 0.0952. The number of carbonyl (C=O) groups is 1. The zero-order valence-electron chi connectivity index (χ0n) is 15.6. The van der Waals surface area contributed by atoms with Crippen LogP contribution in [0.25, 0.3) is 0 Å². The zero-order valence-corrected chi connectivity index (χ0v) is 16.4. The van der Waals surface area contributed by atoms with Gasteiger partial charge in [-0.1, -0.05) is 24.3 Å². The molecule has 0 radical (unpaired) electrons. The predicted molar refractivity (Wildman–Crippen MR) is 105 cm³/mol. The normalized spacial score (nSPS) is 11.7. The third-order valence-electron chi connectivity index (χ3n) is 4.24. The first-order chi connectivity index (χ1) is 14.1. The Bertz CT molecular complexity index is 1140. The summed E-state index contributed by atoms with van der Waals surface area (Å²) in [5.41, 5.74) is -0.488. The highest BCUT2D eigenvalue weighted by Crippen LogP contribution is 2.31. The summed E-state index contributed by atoms with van der Waals surface area (Å²) < 4.78 is 69.9. The third-order valence-corrected chi connectivity index (χ3v) is 6.04. The molecule has 156 valence electrons. The lowest BCUT2D eigenvalue weighted by atomic mass is 10.2. The molecule has 0 aliphatic rings. The topological polar surface area (TPSA) is 63.7 Å². The van der Waals surface area contributed by atoms with Crippen molar-refractivity contribution in [3.8, 4) is 5.75 Å². The zero-order chi connectivity index (χ0) is 21.9. The number of anilines is 1. The van der Waals surface area contributed by atoms with Gasteiger partial charge in [0.05, 0.1) is 21.7 Å². The van der Waals surface area contributed by atoms with Gasteiger partial charge in [0.1, 0.15) is 5.75 Å². The van der Waals surface area contributed by atoms with E-state index in [1.165, 1.54) is 37.4 Å². The van der Waals surface area contributed by atoms with E-state index >= 15 is 0 Å². The summed E-state index contributed by atoms with van der Waals surface area (Å²) in [7, 11) is -2.46. The van der Waals surface area contributed by atoms with Crippen LogP contribution in [0.3, 0.4) is 0 Å². The van der Waals surface area contributed by atoms with Crippen molar-refractivity contribution >= 4 is 21.7 Å². The maximum Gasteiger partial charge on any atom is 0.416 e. The van der Waals surface area contributed by atoms with Crippen molar-refractivity contribution in [3.05, 3.63) is 90.0 Å². The second-order valence-electron chi connectivity index (χ2n) is 6.25. The number of sulfonamides is 1. The average Bonchev–Trinajstić information content (AvgIpc) is 2.73. The van der Waals surface area contributed by atoms with Gasteiger partial charge in [-0.2, -0.15) is 13.2 Å². The van der Waals surface area contributed by atoms with Crippen LogP contribution < -0.4 is 9.04 Å². The number of carbonyl (C=O) groups excluding carboxylic acids is 1. The van der Waals surface area contributed by atoms with Crippen molar-refractivity contribution in [3.63, 3.8) is 0 Å². The first-order valence-corrected chi connectivity index (χ1v) is 10.1. The summed E-state index contributed by atoms with van der Waals surface area (Å²) in [5.74, 6) is -1.18. The van der Waals surface area contributed by atoms with Gasteiger partial charge >= 0.3 is 12.1 Å². The number of hydrogen-bond acceptors (Lipinski definition) is 4. The number of nitrogens with zero attached hydrogens (tertiary/aromatic N) is 1. The maximum atomic E-state index is 12.8. The molecule has 0 aliphatic carbocycles. The van der Waals surface area contributed by atoms with Crippen molar-refractivity contribution in [1.82, 2.24) is 0 Å². The van der Waals surface area contributed by atoms with E-state index in [9.17, 15) is 26.4 Å². The number of benzene rings is 3. The van der Waals surface area contributed by atoms with Gasteiger partial charge in [-0.15, -0.1) is 0 Å². The van der Waals surface area contributed by atoms with Crippen molar-refractivity contribution in [1.29, 1.82) is 0 Å². The highest BCUT2D eigenvalue weighted by molar-refractivity contribution is 7.92. The summed E-state index contributed by atoms with van der Waals surface area (Å²) in [6.07, 6.45) is -4.57. The first-order valence-electron chi connectivity index (χ1n) is 8.62. The Balaban J connectivity index is 1.78. The number of esters is 1. The minimum absolute atomic E-state index is 0.00581. The van der Waals surface area contributed by atoms with E-state index < -0.39 is 27.7 Å². The van der Waals surface area contributed by atoms with Gasteiger partial charge in [0.15, 0.2) is 0 Å². The number of ether oxygens (including phenoxy) is 1. The smallest absolute Gasteiger partial charge is 0.416 e. The van der Waals surface area contributed by atoms with Crippen molar-refractivity contribution < 1.29 is 31.1 Å². The van der Waals surface area contributed by atoms with Crippen LogP contribution in [0, 0.1) is 0 Å². The molecule has 0 saturated carbocycles. The number of alkyl halides is 3. The number of para-hydroxylation sites is 1. The molecule has 0 aromatic heterocycles. The Morgan fingerprint density at radius 3 is 2.13 bits per heavy atom. The molecule has 0 unspecified atom stereocenters. The van der Waals surface area contributed by atoms with E-state index in [4.69, 9.17) is 4.74 Å². The average molecular weight is 435 g/mol. The van der Waals surface area contributed by atoms with Gasteiger partial charge in [0.2, 0.25) is 0 Å². The summed E-state index contributed by atoms with van der Waals surface area (Å²) in [6.45, 7) is 0. The van der Waals surface area contributed by atoms with Crippen LogP contribution in [-0.2, 0) is 16.2 Å². The Kier molecular flexibility index (Phi) is 5.84. The van der Waals surface area contributed by atoms with Crippen LogP contribution in [0.15, 0.2) is 83.8 Å². The molecular formula is C21H16F3NO4S. The minimum Gasteiger partial charge on any atom is -0.423 e. The molecule has 0 heterocycles. The molecule has 0 atom stereocenters.